The topological polar surface area (TPSA) is 59.3 Å². The molecule has 7 heteroatoms. The zero-order chi connectivity index (χ0) is 12.5. The van der Waals surface area contributed by atoms with Crippen molar-refractivity contribution in [2.45, 2.75) is 17.2 Å². The second-order valence-corrected chi connectivity index (χ2v) is 7.82. The van der Waals surface area contributed by atoms with Crippen molar-refractivity contribution in [2.75, 3.05) is 0 Å². The van der Waals surface area contributed by atoms with Gasteiger partial charge in [-0.2, -0.15) is 0 Å². The number of rotatable bonds is 4. The van der Waals surface area contributed by atoms with E-state index >= 15 is 0 Å². The largest absolute Gasteiger partial charge is 0.468 e. The standard InChI is InChI=1S/C10H10BrNO3S2/c1-7(8-3-2-6-15-8)12-17(13,14)10-5-4-9(11)16-10/h2-7,12H,1H3/t7-/m1/s1. The van der Waals surface area contributed by atoms with Gasteiger partial charge in [0.2, 0.25) is 0 Å². The predicted octanol–water partition coefficient (Wildman–Crippen LogP) is 3.14. The van der Waals surface area contributed by atoms with Crippen LogP contribution in [0.15, 0.2) is 42.9 Å². The highest BCUT2D eigenvalue weighted by Gasteiger charge is 2.21. The Labute approximate surface area is 112 Å². The smallest absolute Gasteiger partial charge is 0.250 e. The molecule has 0 aliphatic heterocycles. The molecule has 17 heavy (non-hydrogen) atoms. The minimum Gasteiger partial charge on any atom is -0.468 e. The molecule has 2 rings (SSSR count). The van der Waals surface area contributed by atoms with Gasteiger partial charge in [-0.25, -0.2) is 13.1 Å². The van der Waals surface area contributed by atoms with Crippen LogP contribution in [-0.2, 0) is 10.0 Å². The first-order valence-electron chi connectivity index (χ1n) is 4.80. The second kappa shape index (κ2) is 4.93. The number of furan rings is 1. The van der Waals surface area contributed by atoms with Gasteiger partial charge in [-0.15, -0.1) is 11.3 Å². The van der Waals surface area contributed by atoms with Crippen LogP contribution in [-0.4, -0.2) is 8.42 Å². The molecule has 4 nitrogen and oxygen atoms in total. The van der Waals surface area contributed by atoms with E-state index in [1.54, 1.807) is 31.2 Å². The molecular weight excluding hydrogens is 326 g/mol. The molecule has 0 aliphatic carbocycles. The van der Waals surface area contributed by atoms with Crippen molar-refractivity contribution in [3.63, 3.8) is 0 Å². The second-order valence-electron chi connectivity index (χ2n) is 3.42. The Balaban J connectivity index is 2.18. The first-order chi connectivity index (χ1) is 7.99. The van der Waals surface area contributed by atoms with E-state index in [0.29, 0.717) is 5.76 Å². The number of hydrogen-bond donors (Lipinski definition) is 1. The van der Waals surface area contributed by atoms with Gasteiger partial charge >= 0.3 is 0 Å². The van der Waals surface area contributed by atoms with E-state index in [2.05, 4.69) is 20.7 Å². The van der Waals surface area contributed by atoms with Gasteiger partial charge in [0.05, 0.1) is 16.1 Å². The van der Waals surface area contributed by atoms with E-state index < -0.39 is 16.1 Å². The van der Waals surface area contributed by atoms with Crippen LogP contribution in [0.2, 0.25) is 0 Å². The third kappa shape index (κ3) is 2.98. The lowest BCUT2D eigenvalue weighted by Crippen LogP contribution is -2.25. The zero-order valence-corrected chi connectivity index (χ0v) is 12.1. The van der Waals surface area contributed by atoms with Crippen molar-refractivity contribution in [3.8, 4) is 0 Å². The van der Waals surface area contributed by atoms with E-state index in [1.807, 2.05) is 0 Å². The Morgan fingerprint density at radius 3 is 2.71 bits per heavy atom. The Morgan fingerprint density at radius 2 is 2.18 bits per heavy atom. The maximum Gasteiger partial charge on any atom is 0.250 e. The lowest BCUT2D eigenvalue weighted by Gasteiger charge is -2.10. The van der Waals surface area contributed by atoms with Crippen molar-refractivity contribution in [2.24, 2.45) is 0 Å². The summed E-state index contributed by atoms with van der Waals surface area (Å²) < 4.78 is 32.7. The van der Waals surface area contributed by atoms with Gasteiger partial charge in [0, 0.05) is 0 Å². The molecule has 2 heterocycles. The van der Waals surface area contributed by atoms with Gasteiger partial charge in [-0.05, 0) is 47.1 Å². The minimum absolute atomic E-state index is 0.280. The van der Waals surface area contributed by atoms with E-state index in [1.165, 1.54) is 17.6 Å². The normalized spacial score (nSPS) is 13.8. The van der Waals surface area contributed by atoms with Crippen LogP contribution in [0.25, 0.3) is 0 Å². The number of halogens is 1. The summed E-state index contributed by atoms with van der Waals surface area (Å²) in [6.45, 7) is 1.74. The fourth-order valence-electron chi connectivity index (χ4n) is 1.33. The first-order valence-corrected chi connectivity index (χ1v) is 7.89. The molecule has 0 fully saturated rings. The molecule has 0 spiro atoms. The van der Waals surface area contributed by atoms with Gasteiger partial charge < -0.3 is 4.42 Å². The molecule has 0 saturated heterocycles. The monoisotopic (exact) mass is 335 g/mol. The van der Waals surface area contributed by atoms with Crippen molar-refractivity contribution in [3.05, 3.63) is 40.1 Å². The van der Waals surface area contributed by atoms with Crippen LogP contribution in [0.1, 0.15) is 18.7 Å². The molecule has 0 aliphatic rings. The zero-order valence-electron chi connectivity index (χ0n) is 8.88. The molecule has 1 atom stereocenters. The van der Waals surface area contributed by atoms with Gasteiger partial charge in [0.25, 0.3) is 10.0 Å². The van der Waals surface area contributed by atoms with E-state index in [0.717, 1.165) is 3.79 Å². The highest BCUT2D eigenvalue weighted by Crippen LogP contribution is 2.27. The van der Waals surface area contributed by atoms with Gasteiger partial charge in [-0.3, -0.25) is 0 Å². The molecule has 0 amide bonds. The summed E-state index contributed by atoms with van der Waals surface area (Å²) in [4.78, 5) is 0. The lowest BCUT2D eigenvalue weighted by molar-refractivity contribution is 0.459. The van der Waals surface area contributed by atoms with Gasteiger partial charge in [0.1, 0.15) is 9.97 Å². The fraction of sp³-hybridized carbons (Fsp3) is 0.200. The summed E-state index contributed by atoms with van der Waals surface area (Å²) in [5.41, 5.74) is 0. The van der Waals surface area contributed by atoms with Crippen molar-refractivity contribution >= 4 is 37.3 Å². The van der Waals surface area contributed by atoms with Crippen molar-refractivity contribution < 1.29 is 12.8 Å². The molecule has 2 aromatic heterocycles. The summed E-state index contributed by atoms with van der Waals surface area (Å²) in [6.07, 6.45) is 1.52. The number of sulfonamides is 1. The van der Waals surface area contributed by atoms with Crippen molar-refractivity contribution in [1.29, 1.82) is 0 Å². The Hall–Kier alpha value is -0.630. The van der Waals surface area contributed by atoms with Crippen molar-refractivity contribution in [1.82, 2.24) is 4.72 Å². The number of nitrogens with one attached hydrogen (secondary N) is 1. The van der Waals surface area contributed by atoms with Gasteiger partial charge in [-0.1, -0.05) is 0 Å². The SMILES string of the molecule is C[C@@H](NS(=O)(=O)c1ccc(Br)s1)c1ccco1. The lowest BCUT2D eigenvalue weighted by atomic mass is 10.3. The molecule has 0 saturated carbocycles. The number of thiophene rings is 1. The van der Waals surface area contributed by atoms with Crippen LogP contribution < -0.4 is 4.72 Å². The molecule has 0 unspecified atom stereocenters. The van der Waals surface area contributed by atoms with Crippen LogP contribution in [0.3, 0.4) is 0 Å². The molecule has 2 aromatic rings. The molecule has 0 radical (unpaired) electrons. The maximum absolute atomic E-state index is 12.0. The summed E-state index contributed by atoms with van der Waals surface area (Å²) in [6, 6.07) is 6.33. The Morgan fingerprint density at radius 1 is 1.41 bits per heavy atom. The van der Waals surface area contributed by atoms with E-state index in [9.17, 15) is 8.42 Å². The maximum atomic E-state index is 12.0. The Kier molecular flexibility index (Phi) is 3.72. The predicted molar refractivity (Wildman–Crippen MR) is 69.5 cm³/mol. The molecule has 92 valence electrons. The summed E-state index contributed by atoms with van der Waals surface area (Å²) in [5, 5.41) is 0. The highest BCUT2D eigenvalue weighted by atomic mass is 79.9. The van der Waals surface area contributed by atoms with E-state index in [-0.39, 0.29) is 4.21 Å². The first kappa shape index (κ1) is 12.8. The van der Waals surface area contributed by atoms with E-state index in [4.69, 9.17) is 4.42 Å². The van der Waals surface area contributed by atoms with Crippen LogP contribution >= 0.6 is 27.3 Å². The quantitative estimate of drug-likeness (QED) is 0.933. The molecule has 0 bridgehead atoms. The molecule has 1 N–H and O–H groups in total. The average Bonchev–Trinajstić information content (AvgIpc) is 2.86. The third-order valence-electron chi connectivity index (χ3n) is 2.12. The Bertz CT molecular complexity index is 589. The van der Waals surface area contributed by atoms with Crippen LogP contribution in [0.4, 0.5) is 0 Å². The third-order valence-corrected chi connectivity index (χ3v) is 5.77. The average molecular weight is 336 g/mol. The molecular formula is C10H10BrNO3S2. The highest BCUT2D eigenvalue weighted by molar-refractivity contribution is 9.11. The number of hydrogen-bond acceptors (Lipinski definition) is 4. The minimum atomic E-state index is -3.49. The molecule has 0 aromatic carbocycles. The summed E-state index contributed by atoms with van der Waals surface area (Å²) in [5.74, 6) is 0.587. The summed E-state index contributed by atoms with van der Waals surface area (Å²) in [7, 11) is -3.49. The van der Waals surface area contributed by atoms with Crippen LogP contribution in [0.5, 0.6) is 0 Å². The summed E-state index contributed by atoms with van der Waals surface area (Å²) >= 11 is 4.41. The fourth-order valence-corrected chi connectivity index (χ4v) is 4.57. The van der Waals surface area contributed by atoms with Gasteiger partial charge in [0.15, 0.2) is 0 Å². The van der Waals surface area contributed by atoms with Crippen LogP contribution in [0, 0.1) is 0 Å².